The summed E-state index contributed by atoms with van der Waals surface area (Å²) in [4.78, 5) is 24.0. The standard InChI is InChI=1S/C14H18O2/c1-10(13(16)14(2,3)4)12(15)11-8-6-5-7-9-11/h5-10H,1-4H3/t10-/m0/s1. The number of carbonyl (C=O) groups excluding carboxylic acids is 2. The fourth-order valence-electron chi connectivity index (χ4n) is 1.62. The first-order chi connectivity index (χ1) is 7.34. The molecule has 0 aromatic heterocycles. The van der Waals surface area contributed by atoms with Crippen molar-refractivity contribution in [2.75, 3.05) is 0 Å². The molecule has 0 radical (unpaired) electrons. The molecule has 0 bridgehead atoms. The van der Waals surface area contributed by atoms with E-state index in [2.05, 4.69) is 0 Å². The third kappa shape index (κ3) is 2.78. The van der Waals surface area contributed by atoms with Crippen LogP contribution in [0.15, 0.2) is 30.3 Å². The molecule has 0 saturated heterocycles. The van der Waals surface area contributed by atoms with Crippen LogP contribution in [0.1, 0.15) is 38.1 Å². The highest BCUT2D eigenvalue weighted by molar-refractivity contribution is 6.11. The first kappa shape index (κ1) is 12.6. The Balaban J connectivity index is 2.88. The molecule has 1 aromatic carbocycles. The van der Waals surface area contributed by atoms with Gasteiger partial charge in [-0.3, -0.25) is 9.59 Å². The van der Waals surface area contributed by atoms with E-state index in [9.17, 15) is 9.59 Å². The quantitative estimate of drug-likeness (QED) is 0.577. The lowest BCUT2D eigenvalue weighted by Crippen LogP contribution is -2.31. The zero-order valence-corrected chi connectivity index (χ0v) is 10.3. The van der Waals surface area contributed by atoms with Crippen LogP contribution in [0.25, 0.3) is 0 Å². The summed E-state index contributed by atoms with van der Waals surface area (Å²) in [5.74, 6) is -0.677. The molecule has 2 nitrogen and oxygen atoms in total. The molecular weight excluding hydrogens is 200 g/mol. The van der Waals surface area contributed by atoms with Crippen molar-refractivity contribution >= 4 is 11.6 Å². The lowest BCUT2D eigenvalue weighted by Gasteiger charge is -2.20. The minimum atomic E-state index is -0.567. The number of hydrogen-bond donors (Lipinski definition) is 0. The third-order valence-electron chi connectivity index (χ3n) is 2.58. The van der Waals surface area contributed by atoms with Gasteiger partial charge in [-0.25, -0.2) is 0 Å². The molecule has 86 valence electrons. The Bertz CT molecular complexity index is 385. The second kappa shape index (κ2) is 4.60. The molecule has 0 heterocycles. The van der Waals surface area contributed by atoms with Crippen molar-refractivity contribution < 1.29 is 9.59 Å². The van der Waals surface area contributed by atoms with Gasteiger partial charge in [0.1, 0.15) is 5.78 Å². The molecule has 0 aliphatic heterocycles. The average Bonchev–Trinajstić information content (AvgIpc) is 2.26. The van der Waals surface area contributed by atoms with E-state index in [1.165, 1.54) is 0 Å². The van der Waals surface area contributed by atoms with Crippen molar-refractivity contribution in [3.8, 4) is 0 Å². The van der Waals surface area contributed by atoms with Crippen LogP contribution in [0.3, 0.4) is 0 Å². The molecule has 16 heavy (non-hydrogen) atoms. The lowest BCUT2D eigenvalue weighted by atomic mass is 9.81. The normalized spacial score (nSPS) is 13.2. The third-order valence-corrected chi connectivity index (χ3v) is 2.58. The van der Waals surface area contributed by atoms with Gasteiger partial charge in [0.25, 0.3) is 0 Å². The Hall–Kier alpha value is -1.44. The first-order valence-corrected chi connectivity index (χ1v) is 5.47. The number of hydrogen-bond acceptors (Lipinski definition) is 2. The molecule has 1 aromatic rings. The molecule has 2 heteroatoms. The van der Waals surface area contributed by atoms with Crippen LogP contribution < -0.4 is 0 Å². The van der Waals surface area contributed by atoms with Crippen LogP contribution >= 0.6 is 0 Å². The number of benzene rings is 1. The van der Waals surface area contributed by atoms with Crippen molar-refractivity contribution in [1.82, 2.24) is 0 Å². The van der Waals surface area contributed by atoms with Crippen LogP contribution in [0.5, 0.6) is 0 Å². The molecule has 0 aliphatic carbocycles. The minimum absolute atomic E-state index is 0.0126. The van der Waals surface area contributed by atoms with E-state index in [0.717, 1.165) is 0 Å². The molecule has 0 saturated carbocycles. The Morgan fingerprint density at radius 2 is 1.56 bits per heavy atom. The summed E-state index contributed by atoms with van der Waals surface area (Å²) in [6.07, 6.45) is 0. The summed E-state index contributed by atoms with van der Waals surface area (Å²) < 4.78 is 0. The Kier molecular flexibility index (Phi) is 3.63. The summed E-state index contributed by atoms with van der Waals surface area (Å²) in [5.41, 5.74) is 0.136. The van der Waals surface area contributed by atoms with Gasteiger partial charge in [0.05, 0.1) is 5.92 Å². The van der Waals surface area contributed by atoms with Crippen LogP contribution in [0.4, 0.5) is 0 Å². The molecule has 1 atom stereocenters. The van der Waals surface area contributed by atoms with Gasteiger partial charge in [-0.05, 0) is 6.92 Å². The van der Waals surface area contributed by atoms with E-state index in [-0.39, 0.29) is 11.6 Å². The number of Topliss-reactive ketones (excluding diaryl/α,β-unsaturated/α-hetero) is 2. The first-order valence-electron chi connectivity index (χ1n) is 5.47. The van der Waals surface area contributed by atoms with Crippen molar-refractivity contribution in [1.29, 1.82) is 0 Å². The zero-order valence-electron chi connectivity index (χ0n) is 10.3. The van der Waals surface area contributed by atoms with E-state index in [0.29, 0.717) is 5.56 Å². The summed E-state index contributed by atoms with van der Waals surface area (Å²) in [5, 5.41) is 0. The highest BCUT2D eigenvalue weighted by atomic mass is 16.2. The smallest absolute Gasteiger partial charge is 0.173 e. The summed E-state index contributed by atoms with van der Waals surface area (Å²) in [6.45, 7) is 7.20. The van der Waals surface area contributed by atoms with E-state index < -0.39 is 11.3 Å². The van der Waals surface area contributed by atoms with Crippen LogP contribution in [-0.2, 0) is 4.79 Å². The Morgan fingerprint density at radius 1 is 1.06 bits per heavy atom. The zero-order chi connectivity index (χ0) is 12.3. The molecule has 0 aliphatic rings. The van der Waals surface area contributed by atoms with Gasteiger partial charge in [-0.15, -0.1) is 0 Å². The highest BCUT2D eigenvalue weighted by Crippen LogP contribution is 2.22. The summed E-state index contributed by atoms with van der Waals surface area (Å²) >= 11 is 0. The predicted octanol–water partition coefficient (Wildman–Crippen LogP) is 3.12. The van der Waals surface area contributed by atoms with Crippen LogP contribution in [-0.4, -0.2) is 11.6 Å². The van der Waals surface area contributed by atoms with Gasteiger partial charge < -0.3 is 0 Å². The largest absolute Gasteiger partial charge is 0.298 e. The van der Waals surface area contributed by atoms with Gasteiger partial charge in [0, 0.05) is 11.0 Å². The molecule has 1 rings (SSSR count). The maximum atomic E-state index is 12.0. The molecule has 0 amide bonds. The topological polar surface area (TPSA) is 34.1 Å². The summed E-state index contributed by atoms with van der Waals surface area (Å²) in [7, 11) is 0. The van der Waals surface area contributed by atoms with Gasteiger partial charge >= 0.3 is 0 Å². The maximum Gasteiger partial charge on any atom is 0.173 e. The highest BCUT2D eigenvalue weighted by Gasteiger charge is 2.31. The molecule has 0 unspecified atom stereocenters. The number of carbonyl (C=O) groups is 2. The van der Waals surface area contributed by atoms with Gasteiger partial charge in [0.2, 0.25) is 0 Å². The van der Waals surface area contributed by atoms with Crippen LogP contribution in [0.2, 0.25) is 0 Å². The SMILES string of the molecule is C[C@@H](C(=O)c1ccccc1)C(=O)C(C)(C)C. The van der Waals surface area contributed by atoms with Crippen molar-refractivity contribution in [3.05, 3.63) is 35.9 Å². The predicted molar refractivity (Wildman–Crippen MR) is 64.4 cm³/mol. The van der Waals surface area contributed by atoms with Gasteiger partial charge in [-0.1, -0.05) is 51.1 Å². The van der Waals surface area contributed by atoms with Crippen molar-refractivity contribution in [2.24, 2.45) is 11.3 Å². The van der Waals surface area contributed by atoms with E-state index in [1.807, 2.05) is 39.0 Å². The fraction of sp³-hybridized carbons (Fsp3) is 0.429. The van der Waals surface area contributed by atoms with Crippen molar-refractivity contribution in [2.45, 2.75) is 27.7 Å². The number of ketones is 2. The van der Waals surface area contributed by atoms with Gasteiger partial charge in [-0.2, -0.15) is 0 Å². The second-order valence-electron chi connectivity index (χ2n) is 5.07. The second-order valence-corrected chi connectivity index (χ2v) is 5.07. The fourth-order valence-corrected chi connectivity index (χ4v) is 1.62. The molecule has 0 N–H and O–H groups in total. The molecule has 0 spiro atoms. The van der Waals surface area contributed by atoms with Gasteiger partial charge in [0.15, 0.2) is 5.78 Å². The Labute approximate surface area is 96.7 Å². The van der Waals surface area contributed by atoms with E-state index >= 15 is 0 Å². The Morgan fingerprint density at radius 3 is 2.00 bits per heavy atom. The van der Waals surface area contributed by atoms with Crippen LogP contribution in [0, 0.1) is 11.3 Å². The lowest BCUT2D eigenvalue weighted by molar-refractivity contribution is -0.128. The maximum absolute atomic E-state index is 12.0. The van der Waals surface area contributed by atoms with E-state index in [4.69, 9.17) is 0 Å². The molecule has 0 fully saturated rings. The minimum Gasteiger partial charge on any atom is -0.298 e. The molecular formula is C14H18O2. The van der Waals surface area contributed by atoms with E-state index in [1.54, 1.807) is 19.1 Å². The van der Waals surface area contributed by atoms with Crippen molar-refractivity contribution in [3.63, 3.8) is 0 Å². The number of rotatable bonds is 3. The monoisotopic (exact) mass is 218 g/mol. The summed E-state index contributed by atoms with van der Waals surface area (Å²) in [6, 6.07) is 8.96. The average molecular weight is 218 g/mol.